The number of anilines is 1. The number of hydrogen-bond donors (Lipinski definition) is 1. The molecule has 26 heavy (non-hydrogen) atoms. The summed E-state index contributed by atoms with van der Waals surface area (Å²) in [6.45, 7) is 2.56. The Morgan fingerprint density at radius 2 is 2.15 bits per heavy atom. The molecule has 0 radical (unpaired) electrons. The first-order chi connectivity index (χ1) is 12.3. The molecule has 1 aliphatic heterocycles. The van der Waals surface area contributed by atoms with Gasteiger partial charge in [-0.15, -0.1) is 0 Å². The van der Waals surface area contributed by atoms with Gasteiger partial charge in [0, 0.05) is 31.9 Å². The van der Waals surface area contributed by atoms with Crippen molar-refractivity contribution in [1.29, 1.82) is 0 Å². The van der Waals surface area contributed by atoms with E-state index in [1.54, 1.807) is 24.1 Å². The van der Waals surface area contributed by atoms with Crippen LogP contribution in [0.5, 0.6) is 0 Å². The van der Waals surface area contributed by atoms with Gasteiger partial charge in [0.05, 0.1) is 22.9 Å². The van der Waals surface area contributed by atoms with Crippen LogP contribution in [0.25, 0.3) is 5.69 Å². The second-order valence-corrected chi connectivity index (χ2v) is 6.00. The molecule has 2 heterocycles. The zero-order valence-corrected chi connectivity index (χ0v) is 14.0. The highest BCUT2D eigenvalue weighted by molar-refractivity contribution is 5.98. The highest BCUT2D eigenvalue weighted by Gasteiger charge is 2.35. The maximum absolute atomic E-state index is 13.0. The van der Waals surface area contributed by atoms with Crippen molar-refractivity contribution < 1.29 is 22.8 Å². The topological polar surface area (TPSA) is 67.2 Å². The molecule has 0 unspecified atom stereocenters. The molecule has 1 aromatic carbocycles. The summed E-state index contributed by atoms with van der Waals surface area (Å²) >= 11 is 0. The maximum Gasteiger partial charge on any atom is 0.416 e. The number of nitrogens with one attached hydrogen (secondary N) is 1. The molecular formula is C17H17F3N4O2. The number of hydrogen-bond acceptors (Lipinski definition) is 3. The van der Waals surface area contributed by atoms with Crippen LogP contribution >= 0.6 is 0 Å². The number of rotatable bonds is 4. The lowest BCUT2D eigenvalue weighted by Gasteiger charge is -2.17. The van der Waals surface area contributed by atoms with Crippen LogP contribution < -0.4 is 5.32 Å². The lowest BCUT2D eigenvalue weighted by molar-refractivity contribution is -0.137. The van der Waals surface area contributed by atoms with Crippen molar-refractivity contribution in [2.45, 2.75) is 19.5 Å². The first kappa shape index (κ1) is 18.0. The first-order valence-electron chi connectivity index (χ1n) is 8.09. The summed E-state index contributed by atoms with van der Waals surface area (Å²) in [5.41, 5.74) is -0.565. The van der Waals surface area contributed by atoms with Gasteiger partial charge in [0.2, 0.25) is 11.8 Å². The third-order valence-electron chi connectivity index (χ3n) is 4.30. The normalized spacial score (nSPS) is 17.6. The van der Waals surface area contributed by atoms with Gasteiger partial charge >= 0.3 is 6.18 Å². The number of halogens is 3. The van der Waals surface area contributed by atoms with Crippen LogP contribution in [0.3, 0.4) is 0 Å². The van der Waals surface area contributed by atoms with E-state index in [1.807, 2.05) is 0 Å². The van der Waals surface area contributed by atoms with Gasteiger partial charge < -0.3 is 10.2 Å². The molecule has 2 amide bonds. The summed E-state index contributed by atoms with van der Waals surface area (Å²) in [5, 5.41) is 6.54. The predicted molar refractivity (Wildman–Crippen MR) is 87.6 cm³/mol. The molecule has 1 fully saturated rings. The van der Waals surface area contributed by atoms with Gasteiger partial charge in [-0.2, -0.15) is 18.3 Å². The fourth-order valence-electron chi connectivity index (χ4n) is 2.91. The highest BCUT2D eigenvalue weighted by atomic mass is 19.4. The summed E-state index contributed by atoms with van der Waals surface area (Å²) in [4.78, 5) is 25.8. The Labute approximate surface area is 147 Å². The Kier molecular flexibility index (Phi) is 4.71. The van der Waals surface area contributed by atoms with Gasteiger partial charge in [0.1, 0.15) is 0 Å². The van der Waals surface area contributed by atoms with Crippen LogP contribution in [-0.2, 0) is 15.8 Å². The lowest BCUT2D eigenvalue weighted by atomic mass is 10.1. The molecule has 2 aromatic rings. The van der Waals surface area contributed by atoms with Crippen LogP contribution in [0, 0.1) is 5.92 Å². The van der Waals surface area contributed by atoms with E-state index in [1.165, 1.54) is 16.9 Å². The van der Waals surface area contributed by atoms with Gasteiger partial charge in [-0.1, -0.05) is 0 Å². The number of carbonyl (C=O) groups excluding carboxylic acids is 2. The summed E-state index contributed by atoms with van der Waals surface area (Å²) in [6, 6.07) is 4.69. The van der Waals surface area contributed by atoms with Crippen LogP contribution in [0.1, 0.15) is 18.9 Å². The molecule has 0 spiro atoms. The Bertz CT molecular complexity index is 818. The summed E-state index contributed by atoms with van der Waals surface area (Å²) < 4.78 is 40.5. The predicted octanol–water partition coefficient (Wildman–Crippen LogP) is 2.70. The number of aromatic nitrogens is 2. The fraction of sp³-hybridized carbons (Fsp3) is 0.353. The van der Waals surface area contributed by atoms with Gasteiger partial charge in [-0.05, 0) is 31.2 Å². The van der Waals surface area contributed by atoms with E-state index < -0.39 is 23.6 Å². The van der Waals surface area contributed by atoms with Gasteiger partial charge in [0.15, 0.2) is 0 Å². The Morgan fingerprint density at radius 3 is 2.73 bits per heavy atom. The van der Waals surface area contributed by atoms with Crippen molar-refractivity contribution in [3.63, 3.8) is 0 Å². The van der Waals surface area contributed by atoms with Crippen molar-refractivity contribution in [3.05, 3.63) is 42.2 Å². The van der Waals surface area contributed by atoms with Crippen molar-refractivity contribution in [1.82, 2.24) is 14.7 Å². The van der Waals surface area contributed by atoms with E-state index in [0.29, 0.717) is 12.2 Å². The molecule has 0 saturated carbocycles. The van der Waals surface area contributed by atoms with E-state index in [0.717, 1.165) is 12.1 Å². The van der Waals surface area contributed by atoms with E-state index in [9.17, 15) is 22.8 Å². The monoisotopic (exact) mass is 366 g/mol. The fourth-order valence-corrected chi connectivity index (χ4v) is 2.91. The van der Waals surface area contributed by atoms with Crippen molar-refractivity contribution in [3.8, 4) is 5.69 Å². The molecule has 0 bridgehead atoms. The average molecular weight is 366 g/mol. The second kappa shape index (κ2) is 6.81. The zero-order chi connectivity index (χ0) is 18.9. The molecule has 1 atom stereocenters. The van der Waals surface area contributed by atoms with Crippen LogP contribution in [0.4, 0.5) is 18.9 Å². The average Bonchev–Trinajstić information content (AvgIpc) is 3.23. The summed E-state index contributed by atoms with van der Waals surface area (Å²) in [6.07, 6.45) is -1.44. The first-order valence-corrected chi connectivity index (χ1v) is 8.09. The SMILES string of the molecule is CCN1C[C@H](C(=O)Nc2cc(C(F)(F)F)ccc2-n2cccn2)CC1=O. The van der Waals surface area contributed by atoms with E-state index in [4.69, 9.17) is 0 Å². The third kappa shape index (κ3) is 3.56. The lowest BCUT2D eigenvalue weighted by Crippen LogP contribution is -2.28. The summed E-state index contributed by atoms with van der Waals surface area (Å²) in [5.74, 6) is -1.21. The number of alkyl halides is 3. The highest BCUT2D eigenvalue weighted by Crippen LogP contribution is 2.33. The van der Waals surface area contributed by atoms with Crippen molar-refractivity contribution >= 4 is 17.5 Å². The van der Waals surface area contributed by atoms with E-state index in [2.05, 4.69) is 10.4 Å². The van der Waals surface area contributed by atoms with Gasteiger partial charge in [-0.25, -0.2) is 4.68 Å². The largest absolute Gasteiger partial charge is 0.416 e. The molecule has 1 N–H and O–H groups in total. The smallest absolute Gasteiger partial charge is 0.342 e. The minimum Gasteiger partial charge on any atom is -0.342 e. The Morgan fingerprint density at radius 1 is 1.38 bits per heavy atom. The minimum absolute atomic E-state index is 0.00378. The van der Waals surface area contributed by atoms with Crippen LogP contribution in [-0.4, -0.2) is 39.6 Å². The van der Waals surface area contributed by atoms with Crippen molar-refractivity contribution in [2.24, 2.45) is 5.92 Å². The number of nitrogens with zero attached hydrogens (tertiary/aromatic N) is 3. The minimum atomic E-state index is -4.54. The number of carbonyl (C=O) groups is 2. The quantitative estimate of drug-likeness (QED) is 0.905. The molecule has 6 nitrogen and oxygen atoms in total. The summed E-state index contributed by atoms with van der Waals surface area (Å²) in [7, 11) is 0. The third-order valence-corrected chi connectivity index (χ3v) is 4.30. The van der Waals surface area contributed by atoms with Crippen LogP contribution in [0.2, 0.25) is 0 Å². The van der Waals surface area contributed by atoms with Crippen molar-refractivity contribution in [2.75, 3.05) is 18.4 Å². The molecular weight excluding hydrogens is 349 g/mol. The molecule has 138 valence electrons. The zero-order valence-electron chi connectivity index (χ0n) is 14.0. The number of benzene rings is 1. The van der Waals surface area contributed by atoms with E-state index in [-0.39, 0.29) is 24.6 Å². The molecule has 9 heteroatoms. The van der Waals surface area contributed by atoms with E-state index >= 15 is 0 Å². The standard InChI is InChI=1S/C17H17F3N4O2/c1-2-23-10-11(8-15(23)25)16(26)22-13-9-12(17(18,19)20)4-5-14(13)24-7-3-6-21-24/h3-7,9,11H,2,8,10H2,1H3,(H,22,26)/t11-/m1/s1. The molecule has 1 aliphatic rings. The Balaban J connectivity index is 1.90. The van der Waals surface area contributed by atoms with Crippen LogP contribution in [0.15, 0.2) is 36.7 Å². The molecule has 1 aromatic heterocycles. The van der Waals surface area contributed by atoms with Gasteiger partial charge in [-0.3, -0.25) is 9.59 Å². The Hall–Kier alpha value is -2.84. The maximum atomic E-state index is 13.0. The van der Waals surface area contributed by atoms with Gasteiger partial charge in [0.25, 0.3) is 0 Å². The number of likely N-dealkylation sites (tertiary alicyclic amines) is 1. The number of amides is 2. The molecule has 3 rings (SSSR count). The second-order valence-electron chi connectivity index (χ2n) is 6.00. The molecule has 0 aliphatic carbocycles. The molecule has 1 saturated heterocycles.